The maximum absolute atomic E-state index is 13.6. The number of nitrogen functional groups attached to an aromatic ring is 1. The minimum Gasteiger partial charge on any atom is -0.399 e. The topological polar surface area (TPSA) is 79.5 Å². The number of anilines is 3. The number of fused-ring (bicyclic) bond motifs is 1. The van der Waals surface area contributed by atoms with E-state index in [9.17, 15) is 9.59 Å². The number of aromatic nitrogens is 1. The average Bonchev–Trinajstić information content (AvgIpc) is 3.35. The van der Waals surface area contributed by atoms with Crippen molar-refractivity contribution in [3.05, 3.63) is 83.7 Å². The molecule has 2 aliphatic rings. The Morgan fingerprint density at radius 1 is 1.09 bits per heavy atom. The number of nitrogens with zero attached hydrogens (tertiary/aromatic N) is 3. The minimum absolute atomic E-state index is 0.0229. The number of rotatable bonds is 5. The van der Waals surface area contributed by atoms with Crippen LogP contribution in [0.1, 0.15) is 37.0 Å². The first-order valence-electron chi connectivity index (χ1n) is 11.8. The molecule has 6 nitrogen and oxygen atoms in total. The van der Waals surface area contributed by atoms with Crippen molar-refractivity contribution in [2.24, 2.45) is 5.92 Å². The summed E-state index contributed by atoms with van der Waals surface area (Å²) in [5.74, 6) is -0.371. The summed E-state index contributed by atoms with van der Waals surface area (Å²) in [5.41, 5.74) is 11.7. The molecule has 34 heavy (non-hydrogen) atoms. The molecule has 0 saturated carbocycles. The van der Waals surface area contributed by atoms with Crippen molar-refractivity contribution in [3.63, 3.8) is 0 Å². The first kappa shape index (κ1) is 22.1. The Labute approximate surface area is 200 Å². The second-order valence-electron chi connectivity index (χ2n) is 10.0. The molecule has 2 N–H and O–H groups in total. The summed E-state index contributed by atoms with van der Waals surface area (Å²) in [7, 11) is 0. The fraction of sp³-hybridized carbons (Fsp3) is 0.321. The molecule has 174 valence electrons. The van der Waals surface area contributed by atoms with Gasteiger partial charge in [0.2, 0.25) is 11.8 Å². The molecule has 3 heterocycles. The highest BCUT2D eigenvalue weighted by atomic mass is 16.2. The van der Waals surface area contributed by atoms with E-state index >= 15 is 0 Å². The van der Waals surface area contributed by atoms with Crippen LogP contribution in [0.5, 0.6) is 0 Å². The van der Waals surface area contributed by atoms with Crippen molar-refractivity contribution in [3.8, 4) is 0 Å². The van der Waals surface area contributed by atoms with Crippen LogP contribution < -0.4 is 15.5 Å². The summed E-state index contributed by atoms with van der Waals surface area (Å²) in [5, 5.41) is 0. The number of carbonyl (C=O) groups excluding carboxylic acids is 2. The Hall–Kier alpha value is -3.67. The predicted octanol–water partition coefficient (Wildman–Crippen LogP) is 4.13. The van der Waals surface area contributed by atoms with Crippen LogP contribution >= 0.6 is 0 Å². The van der Waals surface area contributed by atoms with Gasteiger partial charge in [0.25, 0.3) is 0 Å². The normalized spacial score (nSPS) is 18.9. The highest BCUT2D eigenvalue weighted by Crippen LogP contribution is 2.42. The van der Waals surface area contributed by atoms with Gasteiger partial charge in [0.15, 0.2) is 0 Å². The van der Waals surface area contributed by atoms with Crippen molar-refractivity contribution < 1.29 is 9.59 Å². The Kier molecular flexibility index (Phi) is 5.60. The van der Waals surface area contributed by atoms with Crippen LogP contribution in [0, 0.1) is 5.92 Å². The minimum atomic E-state index is -0.360. The molecular weight excluding hydrogens is 424 g/mol. The van der Waals surface area contributed by atoms with E-state index in [2.05, 4.69) is 43.1 Å². The second-order valence-corrected chi connectivity index (χ2v) is 10.0. The van der Waals surface area contributed by atoms with Gasteiger partial charge in [-0.1, -0.05) is 38.1 Å². The highest BCUT2D eigenvalue weighted by molar-refractivity contribution is 6.05. The van der Waals surface area contributed by atoms with E-state index in [0.29, 0.717) is 18.8 Å². The number of pyridine rings is 1. The standard InChI is InChI=1S/C28H30N4O2/c1-28(2)18-32(25-11-10-19(13-24(25)28)8-9-20-5-4-12-30-16-20)27(34)21-14-26(33)31(17-21)23-7-3-6-22(29)15-23/h3-7,10-13,15-16,21H,8-9,14,17-18,29H2,1-2H3/t21-/m0/s1. The smallest absolute Gasteiger partial charge is 0.232 e. The van der Waals surface area contributed by atoms with Crippen LogP contribution in [0.3, 0.4) is 0 Å². The van der Waals surface area contributed by atoms with Crippen LogP contribution in [-0.2, 0) is 27.8 Å². The molecule has 6 heteroatoms. The molecular formula is C28H30N4O2. The highest BCUT2D eigenvalue weighted by Gasteiger charge is 2.43. The van der Waals surface area contributed by atoms with E-state index in [1.165, 1.54) is 16.7 Å². The van der Waals surface area contributed by atoms with Gasteiger partial charge in [0.05, 0.1) is 5.92 Å². The number of aryl methyl sites for hydroxylation is 2. The number of carbonyl (C=O) groups is 2. The van der Waals surface area contributed by atoms with Gasteiger partial charge in [0.1, 0.15) is 0 Å². The van der Waals surface area contributed by atoms with Crippen molar-refractivity contribution in [1.82, 2.24) is 4.98 Å². The predicted molar refractivity (Wildman–Crippen MR) is 135 cm³/mol. The lowest BCUT2D eigenvalue weighted by Gasteiger charge is -2.23. The average molecular weight is 455 g/mol. The van der Waals surface area contributed by atoms with Gasteiger partial charge in [-0.15, -0.1) is 0 Å². The number of hydrogen-bond acceptors (Lipinski definition) is 4. The summed E-state index contributed by atoms with van der Waals surface area (Å²) in [6, 6.07) is 17.8. The molecule has 0 unspecified atom stereocenters. The lowest BCUT2D eigenvalue weighted by Crippen LogP contribution is -2.39. The van der Waals surface area contributed by atoms with Gasteiger partial charge in [-0.05, 0) is 59.9 Å². The molecule has 2 aliphatic heterocycles. The van der Waals surface area contributed by atoms with Crippen molar-refractivity contribution in [2.45, 2.75) is 38.5 Å². The van der Waals surface area contributed by atoms with Crippen molar-refractivity contribution in [1.29, 1.82) is 0 Å². The molecule has 1 saturated heterocycles. The number of amides is 2. The molecule has 2 amide bonds. The maximum atomic E-state index is 13.6. The third kappa shape index (κ3) is 4.16. The lowest BCUT2D eigenvalue weighted by atomic mass is 9.85. The van der Waals surface area contributed by atoms with Gasteiger partial charge in [-0.25, -0.2) is 0 Å². The van der Waals surface area contributed by atoms with Crippen LogP contribution in [-0.4, -0.2) is 29.9 Å². The van der Waals surface area contributed by atoms with Crippen LogP contribution in [0.15, 0.2) is 67.0 Å². The molecule has 1 aromatic heterocycles. The summed E-state index contributed by atoms with van der Waals surface area (Å²) in [4.78, 5) is 34.1. The lowest BCUT2D eigenvalue weighted by molar-refractivity contribution is -0.124. The number of hydrogen-bond donors (Lipinski definition) is 1. The fourth-order valence-corrected chi connectivity index (χ4v) is 5.15. The molecule has 1 atom stereocenters. The second kappa shape index (κ2) is 8.60. The van der Waals surface area contributed by atoms with Gasteiger partial charge >= 0.3 is 0 Å². The van der Waals surface area contributed by atoms with E-state index in [1.807, 2.05) is 29.3 Å². The summed E-state index contributed by atoms with van der Waals surface area (Å²) in [6.07, 6.45) is 5.78. The molecule has 0 radical (unpaired) electrons. The number of benzene rings is 2. The molecule has 3 aromatic rings. The summed E-state index contributed by atoms with van der Waals surface area (Å²) >= 11 is 0. The van der Waals surface area contributed by atoms with Crippen LogP contribution in [0.4, 0.5) is 17.1 Å². The maximum Gasteiger partial charge on any atom is 0.232 e. The van der Waals surface area contributed by atoms with Gasteiger partial charge in [-0.2, -0.15) is 0 Å². The zero-order valence-electron chi connectivity index (χ0n) is 19.7. The molecule has 0 aliphatic carbocycles. The third-order valence-electron chi connectivity index (χ3n) is 6.98. The van der Waals surface area contributed by atoms with Gasteiger partial charge in [0, 0.05) is 54.4 Å². The first-order chi connectivity index (χ1) is 16.3. The molecule has 0 bridgehead atoms. The van der Waals surface area contributed by atoms with E-state index in [4.69, 9.17) is 5.73 Å². The SMILES string of the molecule is CC1(C)CN(C(=O)[C@H]2CC(=O)N(c3cccc(N)c3)C2)c2ccc(CCc3cccnc3)cc21. The fourth-order valence-electron chi connectivity index (χ4n) is 5.15. The Balaban J connectivity index is 1.33. The third-order valence-corrected chi connectivity index (χ3v) is 6.98. The van der Waals surface area contributed by atoms with Crippen LogP contribution in [0.25, 0.3) is 0 Å². The van der Waals surface area contributed by atoms with E-state index < -0.39 is 0 Å². The Morgan fingerprint density at radius 2 is 1.91 bits per heavy atom. The Bertz CT molecular complexity index is 1240. The summed E-state index contributed by atoms with van der Waals surface area (Å²) in [6.45, 7) is 5.37. The monoisotopic (exact) mass is 454 g/mol. The van der Waals surface area contributed by atoms with E-state index in [0.717, 1.165) is 24.2 Å². The largest absolute Gasteiger partial charge is 0.399 e. The zero-order chi connectivity index (χ0) is 23.9. The molecule has 1 fully saturated rings. The van der Waals surface area contributed by atoms with Crippen LogP contribution in [0.2, 0.25) is 0 Å². The molecule has 0 spiro atoms. The van der Waals surface area contributed by atoms with Gasteiger partial charge < -0.3 is 15.5 Å². The van der Waals surface area contributed by atoms with Crippen molar-refractivity contribution >= 4 is 28.9 Å². The zero-order valence-corrected chi connectivity index (χ0v) is 19.7. The number of nitrogens with two attached hydrogens (primary N) is 1. The van der Waals surface area contributed by atoms with E-state index in [1.54, 1.807) is 23.2 Å². The molecule has 2 aromatic carbocycles. The molecule has 5 rings (SSSR count). The summed E-state index contributed by atoms with van der Waals surface area (Å²) < 4.78 is 0. The van der Waals surface area contributed by atoms with Gasteiger partial charge in [-0.3, -0.25) is 14.6 Å². The van der Waals surface area contributed by atoms with Crippen molar-refractivity contribution in [2.75, 3.05) is 28.6 Å². The Morgan fingerprint density at radius 3 is 2.68 bits per heavy atom. The van der Waals surface area contributed by atoms with E-state index in [-0.39, 0.29) is 29.6 Å². The quantitative estimate of drug-likeness (QED) is 0.588. The first-order valence-corrected chi connectivity index (χ1v) is 11.8.